The van der Waals surface area contributed by atoms with E-state index in [1.807, 2.05) is 4.90 Å². The van der Waals surface area contributed by atoms with E-state index >= 15 is 0 Å². The molecule has 10 heteroatoms. The first-order valence-corrected chi connectivity index (χ1v) is 13.1. The minimum atomic E-state index is -3.74. The fourth-order valence-electron chi connectivity index (χ4n) is 5.08. The molecule has 34 heavy (non-hydrogen) atoms. The zero-order chi connectivity index (χ0) is 23.9. The number of aryl methyl sites for hydroxylation is 1. The highest BCUT2D eigenvalue weighted by Crippen LogP contribution is 2.29. The number of piperazine rings is 1. The van der Waals surface area contributed by atoms with Crippen LogP contribution in [0.5, 0.6) is 0 Å². The van der Waals surface area contributed by atoms with Crippen LogP contribution in [-0.4, -0.2) is 72.6 Å². The zero-order valence-corrected chi connectivity index (χ0v) is 20.2. The van der Waals surface area contributed by atoms with Gasteiger partial charge in [0.2, 0.25) is 15.9 Å². The van der Waals surface area contributed by atoms with Gasteiger partial charge in [0.25, 0.3) is 0 Å². The monoisotopic (exact) mass is 483 g/mol. The van der Waals surface area contributed by atoms with Gasteiger partial charge in [-0.25, -0.2) is 13.0 Å². The first kappa shape index (κ1) is 22.8. The second-order valence-electron chi connectivity index (χ2n) is 9.23. The Bertz CT molecular complexity index is 1300. The maximum absolute atomic E-state index is 13.3. The number of nitrogens with zero attached hydrogens (tertiary/aromatic N) is 5. The summed E-state index contributed by atoms with van der Waals surface area (Å²) in [5.41, 5.74) is 3.06. The Balaban J connectivity index is 1.21. The first-order chi connectivity index (χ1) is 16.3. The molecule has 0 saturated carbocycles. The molecule has 3 aromatic rings. The van der Waals surface area contributed by atoms with Crippen molar-refractivity contribution in [1.29, 1.82) is 0 Å². The summed E-state index contributed by atoms with van der Waals surface area (Å²) in [5.74, 6) is -0.0238. The van der Waals surface area contributed by atoms with E-state index in [4.69, 9.17) is 4.63 Å². The van der Waals surface area contributed by atoms with Crippen molar-refractivity contribution in [1.82, 2.24) is 19.5 Å². The zero-order valence-electron chi connectivity index (χ0n) is 19.4. The van der Waals surface area contributed by atoms with Crippen LogP contribution < -0.4 is 4.90 Å². The fraction of sp³-hybridized carbons (Fsp3) is 0.458. The van der Waals surface area contributed by atoms with Gasteiger partial charge in [-0.15, -0.1) is 0 Å². The highest BCUT2D eigenvalue weighted by Gasteiger charge is 2.36. The van der Waals surface area contributed by atoms with Crippen molar-refractivity contribution in [2.75, 3.05) is 37.6 Å². The van der Waals surface area contributed by atoms with Gasteiger partial charge in [0.15, 0.2) is 5.52 Å². The molecule has 9 nitrogen and oxygen atoms in total. The quantitative estimate of drug-likeness (QED) is 0.562. The number of amides is 1. The smallest absolute Gasteiger partial charge is 0.245 e. The number of carbonyl (C=O) groups is 1. The third-order valence-electron chi connectivity index (χ3n) is 6.94. The molecule has 0 N–H and O–H groups in total. The molecule has 0 unspecified atom stereocenters. The van der Waals surface area contributed by atoms with Gasteiger partial charge in [0.05, 0.1) is 0 Å². The van der Waals surface area contributed by atoms with Crippen molar-refractivity contribution in [3.8, 4) is 0 Å². The lowest BCUT2D eigenvalue weighted by atomic mass is 9.95. The van der Waals surface area contributed by atoms with Crippen molar-refractivity contribution in [3.05, 3.63) is 48.0 Å². The van der Waals surface area contributed by atoms with Crippen molar-refractivity contribution < 1.29 is 17.8 Å². The Morgan fingerprint density at radius 1 is 1.03 bits per heavy atom. The number of rotatable bonds is 4. The molecule has 2 fully saturated rings. The molecule has 1 amide bonds. The number of fused-ring (bicyclic) bond motifs is 1. The fourth-order valence-corrected chi connectivity index (χ4v) is 6.68. The Morgan fingerprint density at radius 3 is 2.53 bits per heavy atom. The second kappa shape index (κ2) is 8.99. The molecule has 2 aliphatic rings. The van der Waals surface area contributed by atoms with E-state index in [0.717, 1.165) is 6.54 Å². The summed E-state index contributed by atoms with van der Waals surface area (Å²) in [4.78, 5) is 17.7. The van der Waals surface area contributed by atoms with Gasteiger partial charge in [0.1, 0.15) is 10.4 Å². The number of carbonyl (C=O) groups excluding carboxylic acids is 1. The van der Waals surface area contributed by atoms with Crippen LogP contribution in [-0.2, 0) is 14.8 Å². The number of aromatic nitrogens is 2. The van der Waals surface area contributed by atoms with Crippen LogP contribution in [0.2, 0.25) is 0 Å². The molecular formula is C24H29N5O4S. The first-order valence-electron chi connectivity index (χ1n) is 11.7. The Labute approximate surface area is 199 Å². The molecule has 1 aromatic heterocycles. The van der Waals surface area contributed by atoms with Gasteiger partial charge in [-0.05, 0) is 66.8 Å². The third-order valence-corrected chi connectivity index (χ3v) is 8.87. The van der Waals surface area contributed by atoms with Crippen molar-refractivity contribution in [2.45, 2.75) is 37.6 Å². The van der Waals surface area contributed by atoms with Crippen molar-refractivity contribution in [3.63, 3.8) is 0 Å². The molecule has 3 heterocycles. The van der Waals surface area contributed by atoms with Crippen molar-refractivity contribution in [2.24, 2.45) is 5.92 Å². The van der Waals surface area contributed by atoms with Crippen LogP contribution in [0, 0.1) is 12.8 Å². The molecule has 0 aliphatic carbocycles. The maximum Gasteiger partial charge on any atom is 0.245 e. The molecule has 2 saturated heterocycles. The number of piperidine rings is 1. The topological polar surface area (TPSA) is 99.8 Å². The number of benzene rings is 2. The summed E-state index contributed by atoms with van der Waals surface area (Å²) < 4.78 is 32.6. The van der Waals surface area contributed by atoms with E-state index < -0.39 is 10.0 Å². The minimum Gasteiger partial charge on any atom is -0.365 e. The van der Waals surface area contributed by atoms with Gasteiger partial charge in [-0.3, -0.25) is 4.79 Å². The molecule has 0 spiro atoms. The number of hydrogen-bond acceptors (Lipinski definition) is 7. The van der Waals surface area contributed by atoms with E-state index in [2.05, 4.69) is 53.3 Å². The second-order valence-corrected chi connectivity index (χ2v) is 11.1. The van der Waals surface area contributed by atoms with Gasteiger partial charge in [0, 0.05) is 50.4 Å². The molecule has 2 aromatic carbocycles. The Kier molecular flexibility index (Phi) is 6.03. The lowest BCUT2D eigenvalue weighted by Gasteiger charge is -2.43. The highest BCUT2D eigenvalue weighted by atomic mass is 32.2. The number of hydrogen-bond donors (Lipinski definition) is 0. The lowest BCUT2D eigenvalue weighted by molar-refractivity contribution is -0.137. The van der Waals surface area contributed by atoms with E-state index in [0.29, 0.717) is 44.5 Å². The Morgan fingerprint density at radius 2 is 1.79 bits per heavy atom. The molecular weight excluding hydrogens is 454 g/mol. The van der Waals surface area contributed by atoms with E-state index in [9.17, 15) is 13.2 Å². The van der Waals surface area contributed by atoms with Crippen LogP contribution >= 0.6 is 0 Å². The standard InChI is InChI=1S/C24H29N5O4S/c1-17-5-3-6-20(15-17)29-14-13-27(16-18(29)2)24(30)19-9-11-28(12-10-19)34(31,32)22-8-4-7-21-23(22)26-33-25-21/h3-8,15,18-19H,9-14,16H2,1-2H3/t18-/m0/s1. The van der Waals surface area contributed by atoms with Crippen molar-refractivity contribution >= 4 is 32.7 Å². The van der Waals surface area contributed by atoms with Crippen LogP contribution in [0.15, 0.2) is 52.0 Å². The van der Waals surface area contributed by atoms with Gasteiger partial charge >= 0.3 is 0 Å². The average molecular weight is 484 g/mol. The summed E-state index contributed by atoms with van der Waals surface area (Å²) in [6, 6.07) is 13.5. The molecule has 2 aliphatic heterocycles. The predicted molar refractivity (Wildman–Crippen MR) is 128 cm³/mol. The highest BCUT2D eigenvalue weighted by molar-refractivity contribution is 7.89. The van der Waals surface area contributed by atoms with Gasteiger partial charge in [-0.1, -0.05) is 18.2 Å². The molecule has 5 rings (SSSR count). The van der Waals surface area contributed by atoms with Gasteiger partial charge < -0.3 is 9.80 Å². The summed E-state index contributed by atoms with van der Waals surface area (Å²) in [7, 11) is -3.74. The largest absolute Gasteiger partial charge is 0.365 e. The molecule has 0 bridgehead atoms. The minimum absolute atomic E-state index is 0.0946. The Hall–Kier alpha value is -2.98. The van der Waals surface area contributed by atoms with E-state index in [1.165, 1.54) is 21.6 Å². The SMILES string of the molecule is Cc1cccc(N2CCN(C(=O)C3CCN(S(=O)(=O)c4cccc5nonc45)CC3)C[C@@H]2C)c1. The van der Waals surface area contributed by atoms with Crippen LogP contribution in [0.25, 0.3) is 11.0 Å². The number of sulfonamides is 1. The van der Waals surface area contributed by atoms with Gasteiger partial charge in [-0.2, -0.15) is 4.31 Å². The number of anilines is 1. The third kappa shape index (κ3) is 4.16. The predicted octanol–water partition coefficient (Wildman–Crippen LogP) is 2.67. The summed E-state index contributed by atoms with van der Waals surface area (Å²) in [6.45, 7) is 6.99. The maximum atomic E-state index is 13.3. The molecule has 1 atom stereocenters. The van der Waals surface area contributed by atoms with Crippen LogP contribution in [0.4, 0.5) is 5.69 Å². The summed E-state index contributed by atoms with van der Waals surface area (Å²) in [5, 5.41) is 7.50. The average Bonchev–Trinajstić information content (AvgIpc) is 3.32. The normalized spacial score (nSPS) is 20.7. The molecule has 180 valence electrons. The summed E-state index contributed by atoms with van der Waals surface area (Å²) >= 11 is 0. The van der Waals surface area contributed by atoms with E-state index in [-0.39, 0.29) is 28.3 Å². The molecule has 0 radical (unpaired) electrons. The van der Waals surface area contributed by atoms with Crippen LogP contribution in [0.3, 0.4) is 0 Å². The lowest BCUT2D eigenvalue weighted by Crippen LogP contribution is -2.55. The van der Waals surface area contributed by atoms with Crippen LogP contribution in [0.1, 0.15) is 25.3 Å². The van der Waals surface area contributed by atoms with E-state index in [1.54, 1.807) is 12.1 Å². The summed E-state index contributed by atoms with van der Waals surface area (Å²) in [6.07, 6.45) is 1.02.